The lowest BCUT2D eigenvalue weighted by atomic mass is 9.89. The van der Waals surface area contributed by atoms with Crippen molar-refractivity contribution >= 4 is 0 Å². The zero-order valence-electron chi connectivity index (χ0n) is 11.1. The first-order valence-electron chi connectivity index (χ1n) is 7.13. The minimum atomic E-state index is 0.195. The average Bonchev–Trinajstić information content (AvgIpc) is 2.76. The maximum atomic E-state index is 6.07. The van der Waals surface area contributed by atoms with Gasteiger partial charge in [0.15, 0.2) is 0 Å². The van der Waals surface area contributed by atoms with Gasteiger partial charge in [0, 0.05) is 18.1 Å². The van der Waals surface area contributed by atoms with Crippen molar-refractivity contribution in [3.05, 3.63) is 12.2 Å². The Bertz CT molecular complexity index is 256. The van der Waals surface area contributed by atoms with Crippen LogP contribution in [-0.2, 0) is 0 Å². The van der Waals surface area contributed by atoms with Gasteiger partial charge in [-0.15, -0.1) is 0 Å². The van der Waals surface area contributed by atoms with Crippen molar-refractivity contribution in [1.29, 1.82) is 0 Å². The van der Waals surface area contributed by atoms with E-state index in [9.17, 15) is 0 Å². The summed E-state index contributed by atoms with van der Waals surface area (Å²) in [7, 11) is 0. The van der Waals surface area contributed by atoms with Crippen molar-refractivity contribution in [2.45, 2.75) is 50.6 Å². The predicted molar refractivity (Wildman–Crippen MR) is 73.0 cm³/mol. The number of likely N-dealkylation sites (tertiary alicyclic amines) is 1. The highest BCUT2D eigenvalue weighted by molar-refractivity contribution is 5.02. The third kappa shape index (κ3) is 3.30. The highest BCUT2D eigenvalue weighted by Gasteiger charge is 2.32. The van der Waals surface area contributed by atoms with Crippen LogP contribution in [0, 0.1) is 0 Å². The molecule has 0 aromatic carbocycles. The van der Waals surface area contributed by atoms with Gasteiger partial charge in [-0.05, 0) is 51.7 Å². The summed E-state index contributed by atoms with van der Waals surface area (Å²) < 4.78 is 0. The van der Waals surface area contributed by atoms with E-state index >= 15 is 0 Å². The van der Waals surface area contributed by atoms with Crippen LogP contribution in [0.3, 0.4) is 0 Å². The monoisotopic (exact) mass is 237 g/mol. The van der Waals surface area contributed by atoms with E-state index in [1.165, 1.54) is 51.7 Å². The summed E-state index contributed by atoms with van der Waals surface area (Å²) >= 11 is 0. The molecule has 1 atom stereocenters. The Morgan fingerprint density at radius 1 is 1.29 bits per heavy atom. The molecule has 0 aromatic rings. The van der Waals surface area contributed by atoms with Crippen LogP contribution in [0.1, 0.15) is 39.0 Å². The summed E-state index contributed by atoms with van der Waals surface area (Å²) in [4.78, 5) is 2.55. The smallest absolute Gasteiger partial charge is 0.0319 e. The molecule has 3 heteroatoms. The molecule has 98 valence electrons. The number of hydrogen-bond donors (Lipinski definition) is 2. The Balaban J connectivity index is 1.93. The van der Waals surface area contributed by atoms with E-state index in [-0.39, 0.29) is 5.54 Å². The molecule has 1 aliphatic carbocycles. The lowest BCUT2D eigenvalue weighted by Gasteiger charge is -2.36. The normalized spacial score (nSPS) is 31.9. The fourth-order valence-corrected chi connectivity index (χ4v) is 3.14. The summed E-state index contributed by atoms with van der Waals surface area (Å²) in [6.07, 6.45) is 10.6. The Morgan fingerprint density at radius 3 is 2.71 bits per heavy atom. The first-order chi connectivity index (χ1) is 8.28. The molecule has 0 saturated carbocycles. The quantitative estimate of drug-likeness (QED) is 0.728. The van der Waals surface area contributed by atoms with E-state index in [1.807, 2.05) is 0 Å². The maximum absolute atomic E-state index is 6.07. The van der Waals surface area contributed by atoms with Crippen LogP contribution in [0.25, 0.3) is 0 Å². The molecule has 2 rings (SSSR count). The molecule has 1 fully saturated rings. The molecule has 0 radical (unpaired) electrons. The number of rotatable bonds is 4. The van der Waals surface area contributed by atoms with Gasteiger partial charge in [0.2, 0.25) is 0 Å². The highest BCUT2D eigenvalue weighted by atomic mass is 15.1. The maximum Gasteiger partial charge on any atom is 0.0319 e. The van der Waals surface area contributed by atoms with Gasteiger partial charge in [-0.25, -0.2) is 0 Å². The van der Waals surface area contributed by atoms with Crippen molar-refractivity contribution in [2.75, 3.05) is 26.2 Å². The molecule has 0 spiro atoms. The minimum Gasteiger partial charge on any atom is -0.329 e. The largest absolute Gasteiger partial charge is 0.329 e. The topological polar surface area (TPSA) is 41.3 Å². The highest BCUT2D eigenvalue weighted by Crippen LogP contribution is 2.24. The van der Waals surface area contributed by atoms with E-state index in [4.69, 9.17) is 5.73 Å². The van der Waals surface area contributed by atoms with Crippen molar-refractivity contribution in [3.63, 3.8) is 0 Å². The van der Waals surface area contributed by atoms with Crippen molar-refractivity contribution in [1.82, 2.24) is 10.2 Å². The third-order valence-corrected chi connectivity index (χ3v) is 4.39. The summed E-state index contributed by atoms with van der Waals surface area (Å²) in [6.45, 7) is 6.64. The second kappa shape index (κ2) is 5.98. The van der Waals surface area contributed by atoms with Gasteiger partial charge in [-0.3, -0.25) is 0 Å². The second-order valence-electron chi connectivity index (χ2n) is 5.56. The average molecular weight is 237 g/mol. The zero-order valence-corrected chi connectivity index (χ0v) is 11.1. The molecular formula is C14H27N3. The number of nitrogens with one attached hydrogen (secondary N) is 1. The SMILES string of the molecule is CCN1CCCC(CN)(NC2CC=CC2)CC1. The Labute approximate surface area is 105 Å². The zero-order chi connectivity index (χ0) is 12.1. The summed E-state index contributed by atoms with van der Waals surface area (Å²) in [5, 5.41) is 3.85. The van der Waals surface area contributed by atoms with Crippen LogP contribution in [0.2, 0.25) is 0 Å². The molecular weight excluding hydrogens is 210 g/mol. The lowest BCUT2D eigenvalue weighted by Crippen LogP contribution is -2.55. The van der Waals surface area contributed by atoms with Crippen LogP contribution >= 0.6 is 0 Å². The van der Waals surface area contributed by atoms with E-state index in [1.54, 1.807) is 0 Å². The Morgan fingerprint density at radius 2 is 2.06 bits per heavy atom. The second-order valence-corrected chi connectivity index (χ2v) is 5.56. The third-order valence-electron chi connectivity index (χ3n) is 4.39. The molecule has 3 N–H and O–H groups in total. The Kier molecular flexibility index (Phi) is 4.60. The van der Waals surface area contributed by atoms with Crippen LogP contribution in [0.15, 0.2) is 12.2 Å². The van der Waals surface area contributed by atoms with Gasteiger partial charge in [-0.1, -0.05) is 19.1 Å². The molecule has 1 aliphatic heterocycles. The molecule has 0 aromatic heterocycles. The van der Waals surface area contributed by atoms with Gasteiger partial charge in [-0.2, -0.15) is 0 Å². The summed E-state index contributed by atoms with van der Waals surface area (Å²) in [6, 6.07) is 0.631. The lowest BCUT2D eigenvalue weighted by molar-refractivity contribution is 0.247. The van der Waals surface area contributed by atoms with E-state index in [0.29, 0.717) is 6.04 Å². The molecule has 3 nitrogen and oxygen atoms in total. The fraction of sp³-hybridized carbons (Fsp3) is 0.857. The van der Waals surface area contributed by atoms with Crippen molar-refractivity contribution < 1.29 is 0 Å². The minimum absolute atomic E-state index is 0.195. The predicted octanol–water partition coefficient (Wildman–Crippen LogP) is 1.50. The molecule has 17 heavy (non-hydrogen) atoms. The first-order valence-corrected chi connectivity index (χ1v) is 7.13. The van der Waals surface area contributed by atoms with Crippen LogP contribution in [0.4, 0.5) is 0 Å². The molecule has 1 heterocycles. The van der Waals surface area contributed by atoms with Crippen LogP contribution < -0.4 is 11.1 Å². The van der Waals surface area contributed by atoms with Crippen molar-refractivity contribution in [2.24, 2.45) is 5.73 Å². The van der Waals surface area contributed by atoms with E-state index < -0.39 is 0 Å². The van der Waals surface area contributed by atoms with Crippen LogP contribution in [-0.4, -0.2) is 42.7 Å². The molecule has 2 aliphatic rings. The van der Waals surface area contributed by atoms with Gasteiger partial charge in [0.25, 0.3) is 0 Å². The standard InChI is InChI=1S/C14H27N3/c1-2-17-10-5-8-14(12-15,9-11-17)16-13-6-3-4-7-13/h3-4,13,16H,2,5-12,15H2,1H3. The van der Waals surface area contributed by atoms with Gasteiger partial charge in [0.1, 0.15) is 0 Å². The number of nitrogens with two attached hydrogens (primary N) is 1. The molecule has 1 saturated heterocycles. The van der Waals surface area contributed by atoms with Gasteiger partial charge < -0.3 is 16.0 Å². The Hall–Kier alpha value is -0.380. The fourth-order valence-electron chi connectivity index (χ4n) is 3.14. The van der Waals surface area contributed by atoms with Crippen LogP contribution in [0.5, 0.6) is 0 Å². The molecule has 1 unspecified atom stereocenters. The molecule has 0 amide bonds. The number of hydrogen-bond acceptors (Lipinski definition) is 3. The number of nitrogens with zero attached hydrogens (tertiary/aromatic N) is 1. The first kappa shape index (κ1) is 13.1. The van der Waals surface area contributed by atoms with E-state index in [0.717, 1.165) is 6.54 Å². The van der Waals surface area contributed by atoms with Crippen molar-refractivity contribution in [3.8, 4) is 0 Å². The summed E-state index contributed by atoms with van der Waals surface area (Å²) in [5.74, 6) is 0. The summed E-state index contributed by atoms with van der Waals surface area (Å²) in [5.41, 5.74) is 6.27. The van der Waals surface area contributed by atoms with E-state index in [2.05, 4.69) is 29.3 Å². The van der Waals surface area contributed by atoms with Gasteiger partial charge in [0.05, 0.1) is 0 Å². The van der Waals surface area contributed by atoms with Gasteiger partial charge >= 0.3 is 0 Å². The molecule has 0 bridgehead atoms.